The van der Waals surface area contributed by atoms with Gasteiger partial charge in [-0.3, -0.25) is 9.69 Å². The molecule has 0 aliphatic carbocycles. The highest BCUT2D eigenvalue weighted by atomic mass is 16.5. The number of rotatable bonds is 3. The number of nitrogens with two attached hydrogens (primary N) is 2. The van der Waals surface area contributed by atoms with Crippen molar-refractivity contribution < 1.29 is 9.53 Å². The summed E-state index contributed by atoms with van der Waals surface area (Å²) in [6.45, 7) is 9.16. The summed E-state index contributed by atoms with van der Waals surface area (Å²) >= 11 is 0. The Bertz CT molecular complexity index is 1070. The van der Waals surface area contributed by atoms with Crippen LogP contribution in [0, 0.1) is 11.3 Å². The van der Waals surface area contributed by atoms with Crippen molar-refractivity contribution >= 4 is 40.0 Å². The summed E-state index contributed by atoms with van der Waals surface area (Å²) in [7, 11) is 0. The van der Waals surface area contributed by atoms with Crippen LogP contribution in [0.5, 0.6) is 0 Å². The van der Waals surface area contributed by atoms with Gasteiger partial charge < -0.3 is 21.1 Å². The first-order valence-corrected chi connectivity index (χ1v) is 10.3. The Labute approximate surface area is 175 Å². The molecule has 1 fully saturated rings. The second kappa shape index (κ2) is 7.29. The van der Waals surface area contributed by atoms with Crippen LogP contribution in [0.2, 0.25) is 0 Å². The third kappa shape index (κ3) is 2.99. The smallest absolute Gasteiger partial charge is 0.232 e. The number of hydrogen-bond acceptors (Lipinski definition) is 8. The number of ether oxygens (including phenoxy) is 1. The van der Waals surface area contributed by atoms with E-state index in [2.05, 4.69) is 16.0 Å². The molecule has 0 radical (unpaired) electrons. The number of nitriles is 1. The first kappa shape index (κ1) is 20.2. The topological polar surface area (TPSA) is 134 Å². The molecule has 0 bridgehead atoms. The summed E-state index contributed by atoms with van der Waals surface area (Å²) in [6.07, 6.45) is 0.935. The van der Waals surface area contributed by atoms with Gasteiger partial charge in [0.2, 0.25) is 5.91 Å². The largest absolute Gasteiger partial charge is 0.383 e. The summed E-state index contributed by atoms with van der Waals surface area (Å²) in [5.41, 5.74) is 13.7. The number of pyridine rings is 2. The van der Waals surface area contributed by atoms with Crippen molar-refractivity contribution in [3.05, 3.63) is 11.1 Å². The second-order valence-corrected chi connectivity index (χ2v) is 8.22. The second-order valence-electron chi connectivity index (χ2n) is 8.22. The van der Waals surface area contributed by atoms with Crippen molar-refractivity contribution in [3.8, 4) is 6.07 Å². The zero-order chi connectivity index (χ0) is 21.7. The van der Waals surface area contributed by atoms with Crippen LogP contribution >= 0.6 is 0 Å². The number of hydrogen-bond donors (Lipinski definition) is 2. The Morgan fingerprint density at radius 3 is 2.33 bits per heavy atom. The van der Waals surface area contributed by atoms with Crippen molar-refractivity contribution in [2.45, 2.75) is 58.8 Å². The van der Waals surface area contributed by atoms with Crippen molar-refractivity contribution in [1.82, 2.24) is 9.97 Å². The quantitative estimate of drug-likeness (QED) is 0.786. The van der Waals surface area contributed by atoms with Gasteiger partial charge in [-0.1, -0.05) is 6.92 Å². The van der Waals surface area contributed by atoms with Crippen LogP contribution in [0.4, 0.5) is 23.3 Å². The van der Waals surface area contributed by atoms with E-state index in [1.54, 1.807) is 4.90 Å². The molecular formula is C21H27N7O2. The molecule has 0 saturated carbocycles. The van der Waals surface area contributed by atoms with Crippen LogP contribution in [0.25, 0.3) is 10.8 Å². The van der Waals surface area contributed by atoms with Crippen LogP contribution < -0.4 is 21.3 Å². The molecule has 2 aromatic rings. The van der Waals surface area contributed by atoms with E-state index >= 15 is 0 Å². The minimum atomic E-state index is -0.0480. The molecule has 0 unspecified atom stereocenters. The Morgan fingerprint density at radius 2 is 1.77 bits per heavy atom. The molecule has 1 saturated heterocycles. The molecule has 2 aliphatic rings. The molecule has 2 aromatic heterocycles. The maximum absolute atomic E-state index is 12.8. The number of anilines is 4. The van der Waals surface area contributed by atoms with Gasteiger partial charge in [0.1, 0.15) is 34.9 Å². The molecular weight excluding hydrogens is 382 g/mol. The number of nitrogens with zero attached hydrogens (tertiary/aromatic N) is 5. The lowest BCUT2D eigenvalue weighted by Crippen LogP contribution is -2.46. The third-order valence-electron chi connectivity index (χ3n) is 5.95. The van der Waals surface area contributed by atoms with Crippen molar-refractivity contribution in [3.63, 3.8) is 0 Å². The van der Waals surface area contributed by atoms with Crippen LogP contribution in [0.15, 0.2) is 0 Å². The molecule has 4 N–H and O–H groups in total. The number of amides is 1. The number of aromatic nitrogens is 2. The lowest BCUT2D eigenvalue weighted by molar-refractivity contribution is -0.117. The zero-order valence-electron chi connectivity index (χ0n) is 17.8. The van der Waals surface area contributed by atoms with Crippen molar-refractivity contribution in [2.24, 2.45) is 0 Å². The maximum Gasteiger partial charge on any atom is 0.232 e. The highest BCUT2D eigenvalue weighted by Crippen LogP contribution is 2.42. The molecule has 1 amide bonds. The average Bonchev–Trinajstić information content (AvgIpc) is 3.01. The minimum absolute atomic E-state index is 0.00490. The molecule has 0 aromatic carbocycles. The number of morpholine rings is 1. The molecule has 9 nitrogen and oxygen atoms in total. The molecule has 4 heterocycles. The number of nitrogen functional groups attached to an aromatic ring is 2. The van der Waals surface area contributed by atoms with Gasteiger partial charge >= 0.3 is 0 Å². The maximum atomic E-state index is 12.8. The lowest BCUT2D eigenvalue weighted by Gasteiger charge is -2.36. The molecule has 2 aliphatic heterocycles. The predicted octanol–water partition coefficient (Wildman–Crippen LogP) is 1.97. The lowest BCUT2D eigenvalue weighted by atomic mass is 10.00. The standard InChI is InChI=1S/C21H27N7O2/c1-5-10(2)28-15(29)6-13-16-14(7-22)20(27-8-11(3)30-12(4)9-27)25-18(23)17(16)19(24)26-21(13)28/h10-12H,5-6,8-9H2,1-4H3,(H2,23,25)(H2,24,26)/t10-,11-,12-/m1/s1. The summed E-state index contributed by atoms with van der Waals surface area (Å²) in [5.74, 6) is 1.38. The number of carbonyl (C=O) groups is 1. The zero-order valence-corrected chi connectivity index (χ0v) is 17.8. The SMILES string of the molecule is CC[C@@H](C)N1C(=O)Cc2c1nc(N)c1c(N)nc(N3C[C@@H](C)O[C@H](C)C3)c(C#N)c21. The number of fused-ring (bicyclic) bond motifs is 3. The fraction of sp³-hybridized carbons (Fsp3) is 0.524. The van der Waals surface area contributed by atoms with Gasteiger partial charge in [0.15, 0.2) is 0 Å². The summed E-state index contributed by atoms with van der Waals surface area (Å²) in [4.78, 5) is 25.6. The van der Waals surface area contributed by atoms with E-state index in [1.807, 2.05) is 32.6 Å². The normalized spacial score (nSPS) is 22.3. The van der Waals surface area contributed by atoms with Crippen LogP contribution in [0.3, 0.4) is 0 Å². The fourth-order valence-electron chi connectivity index (χ4n) is 4.55. The Hall–Kier alpha value is -3.12. The molecule has 30 heavy (non-hydrogen) atoms. The van der Waals surface area contributed by atoms with Crippen molar-refractivity contribution in [1.29, 1.82) is 5.26 Å². The van der Waals surface area contributed by atoms with Gasteiger partial charge in [-0.15, -0.1) is 0 Å². The molecule has 0 spiro atoms. The van der Waals surface area contributed by atoms with E-state index in [-0.39, 0.29) is 42.2 Å². The summed E-state index contributed by atoms with van der Waals surface area (Å²) < 4.78 is 5.82. The van der Waals surface area contributed by atoms with Crippen molar-refractivity contribution in [2.75, 3.05) is 34.4 Å². The third-order valence-corrected chi connectivity index (χ3v) is 5.95. The van der Waals surface area contributed by atoms with Crippen LogP contribution in [0.1, 0.15) is 45.2 Å². The Morgan fingerprint density at radius 1 is 1.17 bits per heavy atom. The van der Waals surface area contributed by atoms with Gasteiger partial charge in [-0.05, 0) is 27.2 Å². The number of carbonyl (C=O) groups excluding carboxylic acids is 1. The van der Waals surface area contributed by atoms with Gasteiger partial charge in [-0.2, -0.15) is 5.26 Å². The monoisotopic (exact) mass is 409 g/mol. The Kier molecular flexibility index (Phi) is 4.90. The predicted molar refractivity (Wildman–Crippen MR) is 116 cm³/mol. The molecule has 3 atom stereocenters. The van der Waals surface area contributed by atoms with Crippen LogP contribution in [-0.4, -0.2) is 47.2 Å². The van der Waals surface area contributed by atoms with E-state index in [9.17, 15) is 10.1 Å². The van der Waals surface area contributed by atoms with E-state index in [1.165, 1.54) is 0 Å². The highest BCUT2D eigenvalue weighted by molar-refractivity contribution is 6.13. The average molecular weight is 409 g/mol. The molecule has 4 rings (SSSR count). The van der Waals surface area contributed by atoms with E-state index in [4.69, 9.17) is 16.2 Å². The van der Waals surface area contributed by atoms with Gasteiger partial charge in [-0.25, -0.2) is 9.97 Å². The van der Waals surface area contributed by atoms with Gasteiger partial charge in [0.05, 0.1) is 24.0 Å². The molecule has 158 valence electrons. The van der Waals surface area contributed by atoms with Gasteiger partial charge in [0.25, 0.3) is 0 Å². The Balaban J connectivity index is 2.00. The van der Waals surface area contributed by atoms with E-state index < -0.39 is 0 Å². The summed E-state index contributed by atoms with van der Waals surface area (Å²) in [5, 5.41) is 11.2. The minimum Gasteiger partial charge on any atom is -0.383 e. The summed E-state index contributed by atoms with van der Waals surface area (Å²) in [6, 6.07) is 2.29. The van der Waals surface area contributed by atoms with Gasteiger partial charge in [0, 0.05) is 30.1 Å². The highest BCUT2D eigenvalue weighted by Gasteiger charge is 2.36. The molecule has 9 heteroatoms. The van der Waals surface area contributed by atoms with Crippen LogP contribution in [-0.2, 0) is 16.0 Å². The first-order valence-electron chi connectivity index (χ1n) is 10.3. The first-order chi connectivity index (χ1) is 14.3. The van der Waals surface area contributed by atoms with E-state index in [0.717, 1.165) is 6.42 Å². The van der Waals surface area contributed by atoms with E-state index in [0.29, 0.717) is 46.6 Å². The fourth-order valence-corrected chi connectivity index (χ4v) is 4.55.